The van der Waals surface area contributed by atoms with Crippen LogP contribution < -0.4 is 10.2 Å². The Morgan fingerprint density at radius 1 is 0.971 bits per heavy atom. The van der Waals surface area contributed by atoms with Crippen LogP contribution in [-0.2, 0) is 0 Å². The van der Waals surface area contributed by atoms with E-state index in [-0.39, 0.29) is 5.82 Å². The monoisotopic (exact) mass is 456 g/mol. The molecule has 2 aliphatic heterocycles. The second kappa shape index (κ2) is 8.47. The Kier molecular flexibility index (Phi) is 5.29. The Balaban J connectivity index is 1.41. The lowest BCUT2D eigenvalue weighted by Crippen LogP contribution is -2.48. The van der Waals surface area contributed by atoms with Crippen molar-refractivity contribution in [2.45, 2.75) is 32.6 Å². The smallest absolute Gasteiger partial charge is 0.155 e. The van der Waals surface area contributed by atoms with Crippen molar-refractivity contribution in [2.75, 3.05) is 31.1 Å². The van der Waals surface area contributed by atoms with E-state index in [0.717, 1.165) is 65.9 Å². The number of hydrogen-bond donors (Lipinski definition) is 1. The molecule has 0 amide bonds. The van der Waals surface area contributed by atoms with E-state index in [1.54, 1.807) is 12.1 Å². The van der Waals surface area contributed by atoms with E-state index in [9.17, 15) is 4.39 Å². The van der Waals surface area contributed by atoms with E-state index in [4.69, 9.17) is 10.1 Å². The molecule has 2 fully saturated rings. The van der Waals surface area contributed by atoms with E-state index in [2.05, 4.69) is 21.3 Å². The maximum atomic E-state index is 13.6. The zero-order valence-corrected chi connectivity index (χ0v) is 19.5. The predicted octanol–water partition coefficient (Wildman–Crippen LogP) is 4.88. The van der Waals surface area contributed by atoms with Crippen LogP contribution in [0.15, 0.2) is 54.7 Å². The van der Waals surface area contributed by atoms with E-state index in [1.807, 2.05) is 35.8 Å². The zero-order valence-electron chi connectivity index (χ0n) is 19.5. The number of aryl methyl sites for hydroxylation is 1. The van der Waals surface area contributed by atoms with E-state index >= 15 is 0 Å². The van der Waals surface area contributed by atoms with Gasteiger partial charge in [0.2, 0.25) is 0 Å². The summed E-state index contributed by atoms with van der Waals surface area (Å²) in [6, 6.07) is 14.7. The minimum absolute atomic E-state index is 0.259. The summed E-state index contributed by atoms with van der Waals surface area (Å²) in [6.07, 6.45) is 6.81. The largest absolute Gasteiger partial charge is 0.355 e. The number of imidazole rings is 1. The third-order valence-electron chi connectivity index (χ3n) is 7.46. The van der Waals surface area contributed by atoms with Crippen LogP contribution in [0.1, 0.15) is 31.4 Å². The fourth-order valence-electron chi connectivity index (χ4n) is 5.52. The zero-order chi connectivity index (χ0) is 23.1. The van der Waals surface area contributed by atoms with E-state index in [0.29, 0.717) is 5.41 Å². The third kappa shape index (κ3) is 3.84. The molecule has 2 saturated heterocycles. The molecule has 2 aliphatic rings. The lowest BCUT2D eigenvalue weighted by molar-refractivity contribution is 0.161. The highest BCUT2D eigenvalue weighted by Gasteiger charge is 2.36. The first-order valence-corrected chi connectivity index (χ1v) is 12.1. The van der Waals surface area contributed by atoms with Crippen molar-refractivity contribution in [3.63, 3.8) is 0 Å². The predicted molar refractivity (Wildman–Crippen MR) is 132 cm³/mol. The number of piperidine rings is 2. The maximum absolute atomic E-state index is 13.6. The summed E-state index contributed by atoms with van der Waals surface area (Å²) in [7, 11) is 0. The Morgan fingerprint density at radius 3 is 2.53 bits per heavy atom. The first-order valence-electron chi connectivity index (χ1n) is 12.1. The van der Waals surface area contributed by atoms with Gasteiger partial charge in [0.25, 0.3) is 0 Å². The number of benzene rings is 1. The first-order chi connectivity index (χ1) is 16.6. The van der Waals surface area contributed by atoms with Crippen molar-refractivity contribution < 1.29 is 4.39 Å². The molecule has 3 aromatic heterocycles. The van der Waals surface area contributed by atoms with Crippen molar-refractivity contribution >= 4 is 11.5 Å². The van der Waals surface area contributed by atoms with Crippen LogP contribution in [0.5, 0.6) is 0 Å². The standard InChI is InChI=1S/C27H29FN6/c1-19-17-21(9-14-30-19)26-25(20-3-5-22(28)6-4-20)31-23-7-8-24(32-34(23)26)33-15-11-27(12-16-33)10-2-13-29-18-27/h3-9,14,17,29H,2,10-13,15-16,18H2,1H3. The van der Waals surface area contributed by atoms with Crippen LogP contribution in [0, 0.1) is 18.2 Å². The fourth-order valence-corrected chi connectivity index (χ4v) is 5.52. The number of nitrogens with one attached hydrogen (secondary N) is 1. The summed E-state index contributed by atoms with van der Waals surface area (Å²) < 4.78 is 15.6. The molecular formula is C27H29FN6. The highest BCUT2D eigenvalue weighted by Crippen LogP contribution is 2.39. The molecule has 5 heterocycles. The summed E-state index contributed by atoms with van der Waals surface area (Å²) in [6.45, 7) is 6.30. The van der Waals surface area contributed by atoms with Gasteiger partial charge in [-0.05, 0) is 93.1 Å². The molecule has 0 atom stereocenters. The third-order valence-corrected chi connectivity index (χ3v) is 7.46. The van der Waals surface area contributed by atoms with Crippen LogP contribution in [0.2, 0.25) is 0 Å². The topological polar surface area (TPSA) is 58.4 Å². The van der Waals surface area contributed by atoms with Gasteiger partial charge in [-0.15, -0.1) is 5.10 Å². The summed E-state index contributed by atoms with van der Waals surface area (Å²) in [5.41, 5.74) is 5.70. The van der Waals surface area contributed by atoms with Crippen LogP contribution >= 0.6 is 0 Å². The summed E-state index contributed by atoms with van der Waals surface area (Å²) in [5, 5.41) is 8.67. The molecule has 34 heavy (non-hydrogen) atoms. The second-order valence-electron chi connectivity index (χ2n) is 9.73. The fraction of sp³-hybridized carbons (Fsp3) is 0.370. The van der Waals surface area contributed by atoms with Gasteiger partial charge < -0.3 is 10.2 Å². The van der Waals surface area contributed by atoms with Gasteiger partial charge >= 0.3 is 0 Å². The van der Waals surface area contributed by atoms with Gasteiger partial charge in [-0.1, -0.05) is 0 Å². The molecule has 0 unspecified atom stereocenters. The molecule has 6 rings (SSSR count). The van der Waals surface area contributed by atoms with Crippen molar-refractivity contribution in [3.8, 4) is 22.5 Å². The van der Waals surface area contributed by atoms with Crippen LogP contribution in [0.3, 0.4) is 0 Å². The SMILES string of the molecule is Cc1cc(-c2c(-c3ccc(F)cc3)nc3ccc(N4CCC5(CCCNC5)CC4)nn23)ccn1. The molecule has 1 aromatic carbocycles. The van der Waals surface area contributed by atoms with E-state index in [1.165, 1.54) is 37.8 Å². The van der Waals surface area contributed by atoms with Crippen molar-refractivity contribution in [1.29, 1.82) is 0 Å². The molecule has 0 radical (unpaired) electrons. The van der Waals surface area contributed by atoms with Crippen molar-refractivity contribution in [1.82, 2.24) is 24.9 Å². The van der Waals surface area contributed by atoms with E-state index < -0.39 is 0 Å². The summed E-state index contributed by atoms with van der Waals surface area (Å²) in [4.78, 5) is 11.7. The minimum Gasteiger partial charge on any atom is -0.355 e. The first kappa shape index (κ1) is 21.2. The highest BCUT2D eigenvalue weighted by molar-refractivity contribution is 5.81. The quantitative estimate of drug-likeness (QED) is 0.476. The molecule has 6 nitrogen and oxygen atoms in total. The van der Waals surface area contributed by atoms with Gasteiger partial charge in [0.15, 0.2) is 5.65 Å². The Bertz CT molecular complexity index is 1310. The van der Waals surface area contributed by atoms with Gasteiger partial charge in [-0.2, -0.15) is 0 Å². The number of anilines is 1. The number of rotatable bonds is 3. The Labute approximate surface area is 198 Å². The number of halogens is 1. The molecule has 7 heteroatoms. The number of hydrogen-bond acceptors (Lipinski definition) is 5. The normalized spacial score (nSPS) is 18.0. The Hall–Kier alpha value is -3.32. The van der Waals surface area contributed by atoms with Crippen molar-refractivity contribution in [3.05, 3.63) is 66.2 Å². The van der Waals surface area contributed by atoms with Gasteiger partial charge in [0.05, 0.1) is 5.69 Å². The van der Waals surface area contributed by atoms with Gasteiger partial charge in [-0.25, -0.2) is 13.9 Å². The van der Waals surface area contributed by atoms with Gasteiger partial charge in [-0.3, -0.25) is 4.98 Å². The molecule has 0 saturated carbocycles. The van der Waals surface area contributed by atoms with Crippen LogP contribution in [-0.4, -0.2) is 45.8 Å². The number of fused-ring (bicyclic) bond motifs is 1. The summed E-state index contributed by atoms with van der Waals surface area (Å²) >= 11 is 0. The second-order valence-corrected chi connectivity index (χ2v) is 9.73. The minimum atomic E-state index is -0.259. The molecule has 174 valence electrons. The van der Waals surface area contributed by atoms with Crippen molar-refractivity contribution in [2.24, 2.45) is 5.41 Å². The molecule has 1 N–H and O–H groups in total. The molecule has 1 spiro atoms. The maximum Gasteiger partial charge on any atom is 0.155 e. The molecule has 4 aromatic rings. The molecule has 0 bridgehead atoms. The molecular weight excluding hydrogens is 427 g/mol. The average Bonchev–Trinajstić information content (AvgIpc) is 3.24. The van der Waals surface area contributed by atoms with Crippen LogP contribution in [0.25, 0.3) is 28.2 Å². The number of nitrogens with zero attached hydrogens (tertiary/aromatic N) is 5. The number of pyridine rings is 1. The number of aromatic nitrogens is 4. The van der Waals surface area contributed by atoms with Gasteiger partial charge in [0.1, 0.15) is 17.3 Å². The lowest BCUT2D eigenvalue weighted by atomic mass is 9.73. The Morgan fingerprint density at radius 2 is 1.79 bits per heavy atom. The van der Waals surface area contributed by atoms with Gasteiger partial charge in [0, 0.05) is 42.7 Å². The summed E-state index contributed by atoms with van der Waals surface area (Å²) in [5.74, 6) is 0.714. The average molecular weight is 457 g/mol. The lowest BCUT2D eigenvalue weighted by Gasteiger charge is -2.44. The van der Waals surface area contributed by atoms with Crippen LogP contribution in [0.4, 0.5) is 10.2 Å². The highest BCUT2D eigenvalue weighted by atomic mass is 19.1. The molecule has 0 aliphatic carbocycles.